The molecule has 1 aliphatic carbocycles. The van der Waals surface area contributed by atoms with Gasteiger partial charge in [0.05, 0.1) is 0 Å². The van der Waals surface area contributed by atoms with Gasteiger partial charge in [-0.2, -0.15) is 0 Å². The number of carbonyl (C=O) groups is 1. The van der Waals surface area contributed by atoms with Crippen molar-refractivity contribution >= 4 is 11.8 Å². The van der Waals surface area contributed by atoms with Gasteiger partial charge in [0, 0.05) is 6.20 Å². The van der Waals surface area contributed by atoms with Crippen molar-refractivity contribution in [2.24, 2.45) is 0 Å². The topological polar surface area (TPSA) is 75.1 Å². The van der Waals surface area contributed by atoms with Crippen LogP contribution in [0.2, 0.25) is 0 Å². The molecule has 0 radical (unpaired) electrons. The Labute approximate surface area is 93.9 Å². The summed E-state index contributed by atoms with van der Waals surface area (Å²) in [6.07, 6.45) is 7.35. The van der Waals surface area contributed by atoms with Crippen molar-refractivity contribution in [1.29, 1.82) is 0 Å². The first-order chi connectivity index (χ1) is 7.73. The van der Waals surface area contributed by atoms with Gasteiger partial charge in [0.2, 0.25) is 0 Å². The second kappa shape index (κ2) is 4.47. The molecule has 0 amide bonds. The standard InChI is InChI=1S/C11H15N3O2/c15-10(16)11(5-2-1-3-6-11)14-9-4-7-12-8-13-9/h4,7-8H,1-3,5-6H2,(H,15,16)(H,12,13,14). The number of aromatic nitrogens is 2. The number of carboxylic acid groups (broad SMARTS) is 1. The predicted molar refractivity (Wildman–Crippen MR) is 59.1 cm³/mol. The molecule has 2 N–H and O–H groups in total. The molecule has 0 atom stereocenters. The summed E-state index contributed by atoms with van der Waals surface area (Å²) in [5.74, 6) is -0.204. The summed E-state index contributed by atoms with van der Waals surface area (Å²) >= 11 is 0. The normalized spacial score (nSPS) is 19.0. The van der Waals surface area contributed by atoms with Gasteiger partial charge < -0.3 is 10.4 Å². The highest BCUT2D eigenvalue weighted by Crippen LogP contribution is 2.31. The third-order valence-electron chi connectivity index (χ3n) is 3.07. The van der Waals surface area contributed by atoms with E-state index < -0.39 is 11.5 Å². The quantitative estimate of drug-likeness (QED) is 0.812. The lowest BCUT2D eigenvalue weighted by atomic mass is 9.81. The molecule has 0 aromatic carbocycles. The zero-order chi connectivity index (χ0) is 11.4. The molecule has 1 fully saturated rings. The van der Waals surface area contributed by atoms with E-state index in [1.54, 1.807) is 12.3 Å². The van der Waals surface area contributed by atoms with Gasteiger partial charge in [-0.15, -0.1) is 0 Å². The molecule has 0 unspecified atom stereocenters. The molecule has 1 saturated carbocycles. The van der Waals surface area contributed by atoms with E-state index in [1.165, 1.54) is 6.33 Å². The largest absolute Gasteiger partial charge is 0.480 e. The fourth-order valence-electron chi connectivity index (χ4n) is 2.16. The van der Waals surface area contributed by atoms with Crippen LogP contribution in [-0.2, 0) is 4.79 Å². The Hall–Kier alpha value is -1.65. The number of nitrogens with zero attached hydrogens (tertiary/aromatic N) is 2. The van der Waals surface area contributed by atoms with Gasteiger partial charge in [0.15, 0.2) is 0 Å². The van der Waals surface area contributed by atoms with Crippen molar-refractivity contribution in [3.63, 3.8) is 0 Å². The number of nitrogens with one attached hydrogen (secondary N) is 1. The Bertz CT molecular complexity index is 361. The molecule has 5 nitrogen and oxygen atoms in total. The zero-order valence-corrected chi connectivity index (χ0v) is 9.02. The van der Waals surface area contributed by atoms with Crippen LogP contribution in [0.4, 0.5) is 5.82 Å². The van der Waals surface area contributed by atoms with E-state index in [-0.39, 0.29) is 0 Å². The summed E-state index contributed by atoms with van der Waals surface area (Å²) < 4.78 is 0. The SMILES string of the molecule is O=C(O)C1(Nc2ccncn2)CCCCC1. The van der Waals surface area contributed by atoms with Crippen molar-refractivity contribution in [2.75, 3.05) is 5.32 Å². The molecule has 1 aromatic heterocycles. The van der Waals surface area contributed by atoms with Gasteiger partial charge in [0.25, 0.3) is 0 Å². The van der Waals surface area contributed by atoms with Gasteiger partial charge in [0.1, 0.15) is 17.7 Å². The van der Waals surface area contributed by atoms with Crippen molar-refractivity contribution in [1.82, 2.24) is 9.97 Å². The zero-order valence-electron chi connectivity index (χ0n) is 9.02. The summed E-state index contributed by atoms with van der Waals surface area (Å²) in [5.41, 5.74) is -0.841. The van der Waals surface area contributed by atoms with Crippen molar-refractivity contribution in [3.05, 3.63) is 18.6 Å². The lowest BCUT2D eigenvalue weighted by molar-refractivity contribution is -0.143. The second-order valence-corrected chi connectivity index (χ2v) is 4.17. The van der Waals surface area contributed by atoms with Gasteiger partial charge in [-0.1, -0.05) is 19.3 Å². The maximum Gasteiger partial charge on any atom is 0.329 e. The summed E-state index contributed by atoms with van der Waals surface area (Å²) in [5, 5.41) is 12.4. The van der Waals surface area contributed by atoms with Crippen LogP contribution in [0, 0.1) is 0 Å². The lowest BCUT2D eigenvalue weighted by Gasteiger charge is -2.34. The average Bonchev–Trinajstić information content (AvgIpc) is 2.31. The van der Waals surface area contributed by atoms with E-state index in [0.717, 1.165) is 19.3 Å². The number of hydrogen-bond donors (Lipinski definition) is 2. The molecule has 16 heavy (non-hydrogen) atoms. The van der Waals surface area contributed by atoms with Crippen LogP contribution in [0.5, 0.6) is 0 Å². The predicted octanol–water partition coefficient (Wildman–Crippen LogP) is 1.68. The van der Waals surface area contributed by atoms with Crippen LogP contribution < -0.4 is 5.32 Å². The van der Waals surface area contributed by atoms with Crippen LogP contribution >= 0.6 is 0 Å². The monoisotopic (exact) mass is 221 g/mol. The van der Waals surface area contributed by atoms with E-state index in [9.17, 15) is 9.90 Å². The van der Waals surface area contributed by atoms with Gasteiger partial charge in [-0.3, -0.25) is 0 Å². The summed E-state index contributed by atoms with van der Waals surface area (Å²) in [6.45, 7) is 0. The summed E-state index contributed by atoms with van der Waals surface area (Å²) in [7, 11) is 0. The van der Waals surface area contributed by atoms with Crippen LogP contribution in [0.3, 0.4) is 0 Å². The average molecular weight is 221 g/mol. The van der Waals surface area contributed by atoms with Gasteiger partial charge in [-0.05, 0) is 18.9 Å². The molecule has 0 saturated heterocycles. The van der Waals surface area contributed by atoms with Crippen LogP contribution in [0.25, 0.3) is 0 Å². The molecule has 1 aliphatic rings. The molecule has 2 rings (SSSR count). The fraction of sp³-hybridized carbons (Fsp3) is 0.545. The minimum atomic E-state index is -0.841. The number of rotatable bonds is 3. The van der Waals surface area contributed by atoms with Crippen LogP contribution in [0.1, 0.15) is 32.1 Å². The third kappa shape index (κ3) is 2.13. The van der Waals surface area contributed by atoms with E-state index in [0.29, 0.717) is 18.7 Å². The number of carboxylic acids is 1. The molecular weight excluding hydrogens is 206 g/mol. The molecule has 0 spiro atoms. The first kappa shape index (κ1) is 10.9. The second-order valence-electron chi connectivity index (χ2n) is 4.17. The minimum Gasteiger partial charge on any atom is -0.480 e. The van der Waals surface area contributed by atoms with Crippen LogP contribution in [0.15, 0.2) is 18.6 Å². The lowest BCUT2D eigenvalue weighted by Crippen LogP contribution is -2.48. The maximum absolute atomic E-state index is 11.4. The van der Waals surface area contributed by atoms with E-state index in [2.05, 4.69) is 15.3 Å². The maximum atomic E-state index is 11.4. The number of aliphatic carboxylic acids is 1. The Kier molecular flexibility index (Phi) is 3.03. The van der Waals surface area contributed by atoms with Crippen LogP contribution in [-0.4, -0.2) is 26.6 Å². The Morgan fingerprint density at radius 1 is 1.38 bits per heavy atom. The Balaban J connectivity index is 2.17. The minimum absolute atomic E-state index is 0.583. The van der Waals surface area contributed by atoms with Crippen molar-refractivity contribution < 1.29 is 9.90 Å². The molecule has 86 valence electrons. The number of anilines is 1. The number of hydrogen-bond acceptors (Lipinski definition) is 4. The van der Waals surface area contributed by atoms with E-state index >= 15 is 0 Å². The highest BCUT2D eigenvalue weighted by atomic mass is 16.4. The van der Waals surface area contributed by atoms with E-state index in [1.807, 2.05) is 0 Å². The Morgan fingerprint density at radius 3 is 2.69 bits per heavy atom. The first-order valence-electron chi connectivity index (χ1n) is 5.51. The highest BCUT2D eigenvalue weighted by molar-refractivity contribution is 5.82. The molecule has 1 heterocycles. The smallest absolute Gasteiger partial charge is 0.329 e. The van der Waals surface area contributed by atoms with Gasteiger partial charge >= 0.3 is 5.97 Å². The van der Waals surface area contributed by atoms with Gasteiger partial charge in [-0.25, -0.2) is 14.8 Å². The molecule has 0 bridgehead atoms. The molecule has 1 aromatic rings. The summed E-state index contributed by atoms with van der Waals surface area (Å²) in [6, 6.07) is 1.69. The molecule has 0 aliphatic heterocycles. The fourth-order valence-corrected chi connectivity index (χ4v) is 2.16. The molecule has 5 heteroatoms. The third-order valence-corrected chi connectivity index (χ3v) is 3.07. The first-order valence-corrected chi connectivity index (χ1v) is 5.51. The highest BCUT2D eigenvalue weighted by Gasteiger charge is 2.39. The summed E-state index contributed by atoms with van der Waals surface area (Å²) in [4.78, 5) is 19.2. The van der Waals surface area contributed by atoms with E-state index in [4.69, 9.17) is 0 Å². The Morgan fingerprint density at radius 2 is 2.12 bits per heavy atom. The molecular formula is C11H15N3O2. The van der Waals surface area contributed by atoms with Crippen molar-refractivity contribution in [2.45, 2.75) is 37.6 Å². The van der Waals surface area contributed by atoms with Crippen molar-refractivity contribution in [3.8, 4) is 0 Å².